The topological polar surface area (TPSA) is 49.8 Å². The zero-order chi connectivity index (χ0) is 20.5. The van der Waals surface area contributed by atoms with Crippen LogP contribution < -0.4 is 4.74 Å². The lowest BCUT2D eigenvalue weighted by atomic mass is 10.2. The Kier molecular flexibility index (Phi) is 8.73. The molecule has 1 fully saturated rings. The Morgan fingerprint density at radius 1 is 1.21 bits per heavy atom. The number of ether oxygens (including phenoxy) is 1. The molecule has 1 unspecified atom stereocenters. The molecular formula is C21H25F2NO3S. The van der Waals surface area contributed by atoms with Crippen molar-refractivity contribution in [3.8, 4) is 5.75 Å². The predicted octanol–water partition coefficient (Wildman–Crippen LogP) is 4.26. The van der Waals surface area contributed by atoms with Crippen molar-refractivity contribution in [3.05, 3.63) is 59.7 Å². The van der Waals surface area contributed by atoms with Crippen molar-refractivity contribution in [2.45, 2.75) is 37.0 Å². The third-order valence-electron chi connectivity index (χ3n) is 4.15. The van der Waals surface area contributed by atoms with Crippen molar-refractivity contribution in [1.29, 1.82) is 0 Å². The average Bonchev–Trinajstić information content (AvgIpc) is 3.19. The molecule has 152 valence electrons. The second-order valence-corrected chi connectivity index (χ2v) is 7.38. The van der Waals surface area contributed by atoms with Crippen molar-refractivity contribution in [1.82, 2.24) is 4.90 Å². The molecule has 1 amide bonds. The number of thioether (sulfide) groups is 1. The highest BCUT2D eigenvalue weighted by atomic mass is 32.2. The van der Waals surface area contributed by atoms with E-state index in [2.05, 4.69) is 0 Å². The minimum Gasteiger partial charge on any atom is -0.484 e. The van der Waals surface area contributed by atoms with Crippen molar-refractivity contribution >= 4 is 17.7 Å². The number of carbonyl (C=O) groups is 1. The molecule has 1 atom stereocenters. The lowest BCUT2D eigenvalue weighted by Gasteiger charge is -2.17. The molecule has 0 saturated carbocycles. The molecule has 0 radical (unpaired) electrons. The van der Waals surface area contributed by atoms with Crippen LogP contribution in [0.1, 0.15) is 25.8 Å². The lowest BCUT2D eigenvalue weighted by molar-refractivity contribution is -0.132. The van der Waals surface area contributed by atoms with Gasteiger partial charge in [0.1, 0.15) is 17.4 Å². The minimum atomic E-state index is -0.598. The van der Waals surface area contributed by atoms with Crippen molar-refractivity contribution in [2.75, 3.05) is 19.7 Å². The first-order valence-corrected chi connectivity index (χ1v) is 10.1. The summed E-state index contributed by atoms with van der Waals surface area (Å²) >= 11 is 1.33. The van der Waals surface area contributed by atoms with Crippen LogP contribution >= 0.6 is 11.8 Å². The molecule has 28 heavy (non-hydrogen) atoms. The van der Waals surface area contributed by atoms with Gasteiger partial charge in [0.25, 0.3) is 5.91 Å². The number of nitrogens with zero attached hydrogens (tertiary/aromatic N) is 1. The van der Waals surface area contributed by atoms with Crippen molar-refractivity contribution in [2.24, 2.45) is 0 Å². The molecule has 1 N–H and O–H groups in total. The minimum absolute atomic E-state index is 0.0410. The first kappa shape index (κ1) is 22.2. The summed E-state index contributed by atoms with van der Waals surface area (Å²) in [6, 6.07) is 10.4. The lowest BCUT2D eigenvalue weighted by Crippen LogP contribution is -2.33. The van der Waals surface area contributed by atoms with E-state index in [9.17, 15) is 13.6 Å². The molecule has 4 nitrogen and oxygen atoms in total. The Morgan fingerprint density at radius 2 is 1.93 bits per heavy atom. The Hall–Kier alpha value is -2.12. The van der Waals surface area contributed by atoms with E-state index in [4.69, 9.17) is 9.84 Å². The van der Waals surface area contributed by atoms with Gasteiger partial charge in [0, 0.05) is 29.3 Å². The second-order valence-electron chi connectivity index (χ2n) is 6.03. The first-order valence-electron chi connectivity index (χ1n) is 9.27. The van der Waals surface area contributed by atoms with Gasteiger partial charge >= 0.3 is 0 Å². The molecule has 0 spiro atoms. The maximum absolute atomic E-state index is 13.7. The monoisotopic (exact) mass is 409 g/mol. The predicted molar refractivity (Wildman–Crippen MR) is 106 cm³/mol. The van der Waals surface area contributed by atoms with Crippen molar-refractivity contribution < 1.29 is 23.4 Å². The standard InChI is InChI=1S/C19H19F2NO3S.C2H6/c20-14-3-6-18(17(21)9-14)26-16-7-8-22(10-16)19(24)12-25-15-4-1-13(11-23)2-5-15;1-2/h1-6,9,16,23H,7-8,10-12H2;1-2H3. The van der Waals surface area contributed by atoms with E-state index in [1.165, 1.54) is 23.9 Å². The fraction of sp³-hybridized carbons (Fsp3) is 0.381. The van der Waals surface area contributed by atoms with Gasteiger partial charge in [-0.3, -0.25) is 4.79 Å². The highest BCUT2D eigenvalue weighted by Gasteiger charge is 2.27. The summed E-state index contributed by atoms with van der Waals surface area (Å²) in [6.45, 7) is 4.99. The molecule has 1 heterocycles. The third-order valence-corrected chi connectivity index (χ3v) is 5.46. The molecular weight excluding hydrogens is 384 g/mol. The number of hydrogen-bond acceptors (Lipinski definition) is 4. The number of aliphatic hydroxyl groups excluding tert-OH is 1. The molecule has 2 aromatic carbocycles. The number of rotatable bonds is 6. The number of amides is 1. The molecule has 0 aromatic heterocycles. The number of aliphatic hydroxyl groups is 1. The number of benzene rings is 2. The van der Waals surface area contributed by atoms with Gasteiger partial charge in [0.2, 0.25) is 0 Å². The van der Waals surface area contributed by atoms with E-state index in [1.807, 2.05) is 13.8 Å². The van der Waals surface area contributed by atoms with Gasteiger partial charge in [0.15, 0.2) is 6.61 Å². The van der Waals surface area contributed by atoms with E-state index in [0.717, 1.165) is 18.1 Å². The smallest absolute Gasteiger partial charge is 0.260 e. The average molecular weight is 409 g/mol. The van der Waals surface area contributed by atoms with Gasteiger partial charge in [-0.1, -0.05) is 26.0 Å². The van der Waals surface area contributed by atoms with E-state index in [0.29, 0.717) is 23.7 Å². The quantitative estimate of drug-likeness (QED) is 0.775. The Morgan fingerprint density at radius 3 is 2.57 bits per heavy atom. The van der Waals surface area contributed by atoms with E-state index < -0.39 is 11.6 Å². The first-order chi connectivity index (χ1) is 13.5. The maximum Gasteiger partial charge on any atom is 0.260 e. The largest absolute Gasteiger partial charge is 0.484 e. The molecule has 0 bridgehead atoms. The molecule has 3 rings (SSSR count). The Bertz CT molecular complexity index is 771. The van der Waals surface area contributed by atoms with Crippen LogP contribution in [0, 0.1) is 11.6 Å². The van der Waals surface area contributed by atoms with Gasteiger partial charge in [-0.05, 0) is 36.2 Å². The van der Waals surface area contributed by atoms with Gasteiger partial charge < -0.3 is 14.7 Å². The van der Waals surface area contributed by atoms with Crippen LogP contribution in [0.25, 0.3) is 0 Å². The van der Waals surface area contributed by atoms with Crippen LogP contribution in [0.4, 0.5) is 8.78 Å². The zero-order valence-electron chi connectivity index (χ0n) is 16.0. The summed E-state index contributed by atoms with van der Waals surface area (Å²) in [5.74, 6) is -0.735. The van der Waals surface area contributed by atoms with E-state index >= 15 is 0 Å². The van der Waals surface area contributed by atoms with Gasteiger partial charge in [-0.2, -0.15) is 0 Å². The summed E-state index contributed by atoms with van der Waals surface area (Å²) in [4.78, 5) is 14.4. The summed E-state index contributed by atoms with van der Waals surface area (Å²) in [5, 5.41) is 9.08. The van der Waals surface area contributed by atoms with Crippen LogP contribution in [0.15, 0.2) is 47.4 Å². The molecule has 0 aliphatic carbocycles. The highest BCUT2D eigenvalue weighted by Crippen LogP contribution is 2.31. The number of carbonyl (C=O) groups excluding carboxylic acids is 1. The van der Waals surface area contributed by atoms with Crippen molar-refractivity contribution in [3.63, 3.8) is 0 Å². The van der Waals surface area contributed by atoms with Gasteiger partial charge in [-0.15, -0.1) is 11.8 Å². The third kappa shape index (κ3) is 6.21. The maximum atomic E-state index is 13.7. The number of likely N-dealkylation sites (tertiary alicyclic amines) is 1. The normalized spacial score (nSPS) is 15.8. The Labute approximate surface area is 168 Å². The molecule has 7 heteroatoms. The molecule has 1 saturated heterocycles. The summed E-state index contributed by atoms with van der Waals surface area (Å²) in [7, 11) is 0. The molecule has 1 aliphatic rings. The van der Waals surface area contributed by atoms with Crippen LogP contribution in [0.3, 0.4) is 0 Å². The SMILES string of the molecule is CC.O=C(COc1ccc(CO)cc1)N1CCC(Sc2ccc(F)cc2F)C1. The highest BCUT2D eigenvalue weighted by molar-refractivity contribution is 8.00. The van der Waals surface area contributed by atoms with E-state index in [1.54, 1.807) is 29.2 Å². The number of hydrogen-bond donors (Lipinski definition) is 1. The van der Waals surface area contributed by atoms with Crippen LogP contribution in [-0.4, -0.2) is 40.9 Å². The summed E-state index contributed by atoms with van der Waals surface area (Å²) < 4.78 is 32.2. The van der Waals surface area contributed by atoms with Crippen LogP contribution in [0.5, 0.6) is 5.75 Å². The fourth-order valence-electron chi connectivity index (χ4n) is 2.73. The fourth-order valence-corrected chi connectivity index (χ4v) is 3.88. The zero-order valence-corrected chi connectivity index (χ0v) is 16.8. The van der Waals surface area contributed by atoms with Crippen LogP contribution in [0.2, 0.25) is 0 Å². The second kappa shape index (κ2) is 11.0. The summed E-state index contributed by atoms with van der Waals surface area (Å²) in [5.41, 5.74) is 0.774. The van der Waals surface area contributed by atoms with Gasteiger partial charge in [-0.25, -0.2) is 8.78 Å². The summed E-state index contributed by atoms with van der Waals surface area (Å²) in [6.07, 6.45) is 0.748. The Balaban J connectivity index is 0.00000136. The van der Waals surface area contributed by atoms with E-state index in [-0.39, 0.29) is 24.4 Å². The molecule has 1 aliphatic heterocycles. The number of halogens is 2. The van der Waals surface area contributed by atoms with Crippen LogP contribution in [-0.2, 0) is 11.4 Å². The molecule has 2 aromatic rings. The van der Waals surface area contributed by atoms with Gasteiger partial charge in [0.05, 0.1) is 6.61 Å².